The molecule has 3 aromatic rings. The lowest BCUT2D eigenvalue weighted by atomic mass is 10.2. The van der Waals surface area contributed by atoms with E-state index in [1.54, 1.807) is 18.2 Å². The van der Waals surface area contributed by atoms with Gasteiger partial charge in [0.25, 0.3) is 0 Å². The normalized spacial score (nSPS) is 11.2. The molecule has 7 heteroatoms. The van der Waals surface area contributed by atoms with Gasteiger partial charge in [-0.25, -0.2) is 9.97 Å². The van der Waals surface area contributed by atoms with Gasteiger partial charge in [0.2, 0.25) is 5.89 Å². The topological polar surface area (TPSA) is 59.2 Å². The first-order valence-corrected chi connectivity index (χ1v) is 6.73. The summed E-state index contributed by atoms with van der Waals surface area (Å²) in [7, 11) is 0. The lowest BCUT2D eigenvalue weighted by Gasteiger charge is -1.99. The summed E-state index contributed by atoms with van der Waals surface area (Å²) in [5.74, 6) is 0.297. The van der Waals surface area contributed by atoms with E-state index in [2.05, 4.69) is 9.97 Å². The molecule has 0 atom stereocenters. The number of fused-ring (bicyclic) bond motifs is 1. The van der Waals surface area contributed by atoms with E-state index in [9.17, 15) is 0 Å². The molecule has 1 aromatic carbocycles. The summed E-state index contributed by atoms with van der Waals surface area (Å²) in [4.78, 5) is 8.19. The molecule has 2 aromatic heterocycles. The van der Waals surface area contributed by atoms with Crippen LogP contribution in [0.3, 0.4) is 0 Å². The summed E-state index contributed by atoms with van der Waals surface area (Å²) < 4.78 is 5.62. The van der Waals surface area contributed by atoms with Crippen molar-refractivity contribution in [3.8, 4) is 11.5 Å². The van der Waals surface area contributed by atoms with Gasteiger partial charge in [-0.1, -0.05) is 34.8 Å². The largest absolute Gasteiger partial charge is 0.434 e. The highest BCUT2D eigenvalue weighted by atomic mass is 35.5. The molecule has 20 heavy (non-hydrogen) atoms. The maximum absolute atomic E-state index is 9.16. The van der Waals surface area contributed by atoms with E-state index in [0.717, 1.165) is 0 Å². The first-order valence-electron chi connectivity index (χ1n) is 5.60. The van der Waals surface area contributed by atoms with Gasteiger partial charge in [-0.15, -0.1) is 0 Å². The molecule has 0 saturated carbocycles. The monoisotopic (exact) mass is 328 g/mol. The number of aromatic nitrogens is 2. The number of halogens is 3. The molecule has 0 aliphatic heterocycles. The Hall–Kier alpha value is -1.33. The number of oxazole rings is 1. The summed E-state index contributed by atoms with van der Waals surface area (Å²) in [6, 6.07) is 4.98. The maximum Gasteiger partial charge on any atom is 0.229 e. The van der Waals surface area contributed by atoms with Gasteiger partial charge >= 0.3 is 0 Å². The molecule has 0 unspecified atom stereocenters. The average molecular weight is 330 g/mol. The number of benzene rings is 1. The third-order valence-electron chi connectivity index (χ3n) is 2.76. The quantitative estimate of drug-likeness (QED) is 0.710. The van der Waals surface area contributed by atoms with Crippen molar-refractivity contribution in [1.82, 2.24) is 9.97 Å². The predicted octanol–water partition coefficient (Wildman–Crippen LogP) is 4.34. The van der Waals surface area contributed by atoms with Crippen molar-refractivity contribution in [3.05, 3.63) is 45.2 Å². The van der Waals surface area contributed by atoms with Crippen LogP contribution in [0.5, 0.6) is 0 Å². The number of pyridine rings is 1. The molecule has 0 aliphatic carbocycles. The fourth-order valence-electron chi connectivity index (χ4n) is 1.84. The molecule has 3 rings (SSSR count). The van der Waals surface area contributed by atoms with Gasteiger partial charge in [0.15, 0.2) is 5.58 Å². The number of rotatable bonds is 2. The van der Waals surface area contributed by atoms with E-state index < -0.39 is 0 Å². The highest BCUT2D eigenvalue weighted by Crippen LogP contribution is 2.35. The minimum absolute atomic E-state index is 0.125. The summed E-state index contributed by atoms with van der Waals surface area (Å²) >= 11 is 18.1. The van der Waals surface area contributed by atoms with Crippen LogP contribution < -0.4 is 0 Å². The first kappa shape index (κ1) is 13.6. The van der Waals surface area contributed by atoms with Crippen LogP contribution in [-0.4, -0.2) is 15.1 Å². The van der Waals surface area contributed by atoms with Gasteiger partial charge in [-0.05, 0) is 23.8 Å². The zero-order valence-electron chi connectivity index (χ0n) is 9.90. The third-order valence-corrected chi connectivity index (χ3v) is 3.81. The van der Waals surface area contributed by atoms with E-state index >= 15 is 0 Å². The van der Waals surface area contributed by atoms with Gasteiger partial charge < -0.3 is 9.52 Å². The van der Waals surface area contributed by atoms with Crippen molar-refractivity contribution in [2.45, 2.75) is 6.61 Å². The van der Waals surface area contributed by atoms with Gasteiger partial charge in [0, 0.05) is 6.20 Å². The molecule has 0 fully saturated rings. The fourth-order valence-corrected chi connectivity index (χ4v) is 2.46. The zero-order chi connectivity index (χ0) is 14.3. The highest BCUT2D eigenvalue weighted by Gasteiger charge is 2.16. The van der Waals surface area contributed by atoms with Crippen LogP contribution in [0, 0.1) is 0 Å². The third kappa shape index (κ3) is 2.25. The van der Waals surface area contributed by atoms with Gasteiger partial charge in [0.05, 0.1) is 22.2 Å². The first-order chi connectivity index (χ1) is 9.60. The van der Waals surface area contributed by atoms with Crippen molar-refractivity contribution in [2.75, 3.05) is 0 Å². The van der Waals surface area contributed by atoms with Gasteiger partial charge in [-0.3, -0.25) is 0 Å². The number of nitrogens with zero attached hydrogens (tertiary/aromatic N) is 2. The van der Waals surface area contributed by atoms with E-state index in [1.807, 2.05) is 0 Å². The number of hydrogen-bond acceptors (Lipinski definition) is 4. The van der Waals surface area contributed by atoms with Crippen molar-refractivity contribution in [1.29, 1.82) is 0 Å². The second-order valence-corrected chi connectivity index (χ2v) is 5.21. The molecule has 0 radical (unpaired) electrons. The summed E-state index contributed by atoms with van der Waals surface area (Å²) in [5, 5.41) is 9.98. The molecule has 102 valence electrons. The Balaban J connectivity index is 2.23. The van der Waals surface area contributed by atoms with Crippen LogP contribution in [0.2, 0.25) is 15.2 Å². The number of hydrogen-bond donors (Lipinski definition) is 1. The van der Waals surface area contributed by atoms with Crippen LogP contribution in [0.25, 0.3) is 22.6 Å². The van der Waals surface area contributed by atoms with Crippen LogP contribution in [0.1, 0.15) is 5.56 Å². The molecule has 0 aliphatic rings. The lowest BCUT2D eigenvalue weighted by Crippen LogP contribution is -1.84. The lowest BCUT2D eigenvalue weighted by molar-refractivity contribution is 0.282. The maximum atomic E-state index is 9.16. The highest BCUT2D eigenvalue weighted by molar-refractivity contribution is 6.42. The molecule has 0 amide bonds. The van der Waals surface area contributed by atoms with Crippen LogP contribution in [0.4, 0.5) is 0 Å². The number of aliphatic hydroxyl groups excluding tert-OH is 1. The molecule has 1 N–H and O–H groups in total. The minimum Gasteiger partial charge on any atom is -0.434 e. The number of aliphatic hydroxyl groups is 1. The predicted molar refractivity (Wildman–Crippen MR) is 78.2 cm³/mol. The fraction of sp³-hybridized carbons (Fsp3) is 0.0769. The zero-order valence-corrected chi connectivity index (χ0v) is 12.2. The minimum atomic E-state index is -0.125. The Morgan fingerprint density at radius 1 is 1.20 bits per heavy atom. The molecule has 0 spiro atoms. The van der Waals surface area contributed by atoms with E-state index in [4.69, 9.17) is 44.3 Å². The molecule has 0 saturated heterocycles. The Morgan fingerprint density at radius 3 is 2.75 bits per heavy atom. The molecule has 2 heterocycles. The molecular formula is C13H7Cl3N2O2. The van der Waals surface area contributed by atoms with Crippen molar-refractivity contribution in [3.63, 3.8) is 0 Å². The van der Waals surface area contributed by atoms with Crippen molar-refractivity contribution < 1.29 is 9.52 Å². The van der Waals surface area contributed by atoms with Gasteiger partial charge in [-0.2, -0.15) is 0 Å². The van der Waals surface area contributed by atoms with Crippen LogP contribution in [0.15, 0.2) is 28.8 Å². The Labute approximate surface area is 128 Å². The van der Waals surface area contributed by atoms with E-state index in [-0.39, 0.29) is 16.8 Å². The standard InChI is InChI=1S/C13H7Cl3N2O2/c14-8-3-6(5-19)4-9-11(8)20-13(18-9)7-1-2-17-12(16)10(7)15/h1-4,19H,5H2. The van der Waals surface area contributed by atoms with E-state index in [1.165, 1.54) is 6.20 Å². The Morgan fingerprint density at radius 2 is 2.00 bits per heavy atom. The van der Waals surface area contributed by atoms with Crippen LogP contribution in [-0.2, 0) is 6.61 Å². The molecular weight excluding hydrogens is 323 g/mol. The molecule has 0 bridgehead atoms. The summed E-state index contributed by atoms with van der Waals surface area (Å²) in [6.45, 7) is -0.125. The SMILES string of the molecule is OCc1cc(Cl)c2oc(-c3ccnc(Cl)c3Cl)nc2c1. The van der Waals surface area contributed by atoms with Crippen molar-refractivity contribution in [2.24, 2.45) is 0 Å². The van der Waals surface area contributed by atoms with E-state index in [0.29, 0.717) is 33.1 Å². The second-order valence-electron chi connectivity index (χ2n) is 4.07. The van der Waals surface area contributed by atoms with Crippen molar-refractivity contribution >= 4 is 45.9 Å². The molecule has 4 nitrogen and oxygen atoms in total. The van der Waals surface area contributed by atoms with Gasteiger partial charge in [0.1, 0.15) is 10.7 Å². The second kappa shape index (κ2) is 5.22. The Kier molecular flexibility index (Phi) is 3.56. The summed E-state index contributed by atoms with van der Waals surface area (Å²) in [5.41, 5.74) is 2.16. The average Bonchev–Trinajstić information content (AvgIpc) is 2.86. The summed E-state index contributed by atoms with van der Waals surface area (Å²) in [6.07, 6.45) is 1.51. The smallest absolute Gasteiger partial charge is 0.229 e. The Bertz CT molecular complexity index is 802. The van der Waals surface area contributed by atoms with Crippen LogP contribution >= 0.6 is 34.8 Å².